The molecule has 0 N–H and O–H groups in total. The molecule has 1 fully saturated rings. The number of benzene rings is 1. The molecule has 0 amide bonds. The van der Waals surface area contributed by atoms with Crippen LogP contribution in [0.4, 0.5) is 11.4 Å². The predicted molar refractivity (Wildman–Crippen MR) is 81.3 cm³/mol. The average Bonchev–Trinajstić information content (AvgIpc) is 2.46. The van der Waals surface area contributed by atoms with Crippen LogP contribution in [-0.2, 0) is 0 Å². The SMILES string of the molecule is Cc1cccc(N2CCN(C(C)(C)C#N)CC2)c1[N+](=O)[O-]. The van der Waals surface area contributed by atoms with Gasteiger partial charge in [-0.1, -0.05) is 12.1 Å². The highest BCUT2D eigenvalue weighted by Crippen LogP contribution is 2.32. The molecule has 1 aliphatic heterocycles. The molecular weight excluding hydrogens is 268 g/mol. The number of para-hydroxylation sites is 1. The van der Waals surface area contributed by atoms with Gasteiger partial charge in [0.25, 0.3) is 5.69 Å². The van der Waals surface area contributed by atoms with E-state index in [2.05, 4.69) is 11.0 Å². The Balaban J connectivity index is 2.19. The Morgan fingerprint density at radius 3 is 2.43 bits per heavy atom. The molecule has 0 spiro atoms. The van der Waals surface area contributed by atoms with Gasteiger partial charge >= 0.3 is 0 Å². The van der Waals surface area contributed by atoms with E-state index in [0.717, 1.165) is 13.1 Å². The summed E-state index contributed by atoms with van der Waals surface area (Å²) in [7, 11) is 0. The predicted octanol–water partition coefficient (Wildman–Crippen LogP) is 2.33. The van der Waals surface area contributed by atoms with Crippen LogP contribution in [-0.4, -0.2) is 41.5 Å². The lowest BCUT2D eigenvalue weighted by Crippen LogP contribution is -2.54. The van der Waals surface area contributed by atoms with Crippen LogP contribution in [0.5, 0.6) is 0 Å². The number of aryl methyl sites for hydroxylation is 1. The van der Waals surface area contributed by atoms with Gasteiger partial charge in [0.1, 0.15) is 11.2 Å². The van der Waals surface area contributed by atoms with Crippen molar-refractivity contribution in [2.24, 2.45) is 0 Å². The molecule has 0 bridgehead atoms. The maximum atomic E-state index is 11.3. The third-order valence-electron chi connectivity index (χ3n) is 4.08. The van der Waals surface area contributed by atoms with Crippen molar-refractivity contribution in [1.82, 2.24) is 4.90 Å². The number of hydrogen-bond acceptors (Lipinski definition) is 5. The maximum Gasteiger partial charge on any atom is 0.295 e. The van der Waals surface area contributed by atoms with Gasteiger partial charge in [-0.05, 0) is 26.8 Å². The van der Waals surface area contributed by atoms with Gasteiger partial charge in [-0.3, -0.25) is 15.0 Å². The minimum Gasteiger partial charge on any atom is -0.363 e. The van der Waals surface area contributed by atoms with E-state index >= 15 is 0 Å². The molecule has 6 nitrogen and oxygen atoms in total. The number of nitro benzene ring substituents is 1. The van der Waals surface area contributed by atoms with E-state index in [9.17, 15) is 15.4 Å². The monoisotopic (exact) mass is 288 g/mol. The van der Waals surface area contributed by atoms with Gasteiger partial charge in [0.15, 0.2) is 0 Å². The fourth-order valence-electron chi connectivity index (χ4n) is 2.71. The van der Waals surface area contributed by atoms with Gasteiger partial charge in [0.2, 0.25) is 0 Å². The lowest BCUT2D eigenvalue weighted by atomic mass is 10.0. The number of nitro groups is 1. The third kappa shape index (κ3) is 2.98. The summed E-state index contributed by atoms with van der Waals surface area (Å²) in [6, 6.07) is 7.72. The fraction of sp³-hybridized carbons (Fsp3) is 0.533. The Bertz CT molecular complexity index is 584. The van der Waals surface area contributed by atoms with E-state index in [1.807, 2.05) is 24.8 Å². The summed E-state index contributed by atoms with van der Waals surface area (Å²) in [6.07, 6.45) is 0. The molecule has 0 aromatic heterocycles. The second kappa shape index (κ2) is 5.70. The molecule has 1 aromatic rings. The van der Waals surface area contributed by atoms with Crippen LogP contribution >= 0.6 is 0 Å². The van der Waals surface area contributed by atoms with Gasteiger partial charge in [-0.25, -0.2) is 0 Å². The van der Waals surface area contributed by atoms with E-state index in [1.165, 1.54) is 0 Å². The molecule has 112 valence electrons. The second-order valence-electron chi connectivity index (χ2n) is 5.84. The quantitative estimate of drug-likeness (QED) is 0.630. The zero-order chi connectivity index (χ0) is 15.6. The summed E-state index contributed by atoms with van der Waals surface area (Å²) in [5.74, 6) is 0. The number of hydrogen-bond donors (Lipinski definition) is 0. The van der Waals surface area contributed by atoms with Crippen LogP contribution in [0.3, 0.4) is 0 Å². The summed E-state index contributed by atoms with van der Waals surface area (Å²) in [6.45, 7) is 8.40. The van der Waals surface area contributed by atoms with E-state index < -0.39 is 5.54 Å². The highest BCUT2D eigenvalue weighted by Gasteiger charge is 2.31. The zero-order valence-electron chi connectivity index (χ0n) is 12.7. The lowest BCUT2D eigenvalue weighted by Gasteiger charge is -2.41. The van der Waals surface area contributed by atoms with E-state index in [0.29, 0.717) is 24.3 Å². The first-order valence-corrected chi connectivity index (χ1v) is 7.02. The molecule has 0 radical (unpaired) electrons. The summed E-state index contributed by atoms with van der Waals surface area (Å²) in [4.78, 5) is 15.1. The zero-order valence-corrected chi connectivity index (χ0v) is 12.7. The minimum atomic E-state index is -0.495. The van der Waals surface area contributed by atoms with Crippen molar-refractivity contribution in [2.45, 2.75) is 26.3 Å². The summed E-state index contributed by atoms with van der Waals surface area (Å²) < 4.78 is 0. The molecule has 0 saturated carbocycles. The van der Waals surface area contributed by atoms with Crippen LogP contribution in [0, 0.1) is 28.4 Å². The largest absolute Gasteiger partial charge is 0.363 e. The smallest absolute Gasteiger partial charge is 0.295 e. The average molecular weight is 288 g/mol. The normalized spacial score (nSPS) is 16.6. The fourth-order valence-corrected chi connectivity index (χ4v) is 2.71. The molecule has 0 unspecified atom stereocenters. The molecule has 1 aromatic carbocycles. The molecule has 2 rings (SSSR count). The first-order chi connectivity index (χ1) is 9.86. The van der Waals surface area contributed by atoms with Crippen molar-refractivity contribution in [3.8, 4) is 6.07 Å². The van der Waals surface area contributed by atoms with E-state index in [-0.39, 0.29) is 10.6 Å². The van der Waals surface area contributed by atoms with Crippen molar-refractivity contribution < 1.29 is 4.92 Å². The Morgan fingerprint density at radius 1 is 1.29 bits per heavy atom. The van der Waals surface area contributed by atoms with E-state index in [4.69, 9.17) is 0 Å². The van der Waals surface area contributed by atoms with Crippen LogP contribution in [0.2, 0.25) is 0 Å². The van der Waals surface area contributed by atoms with Crippen molar-refractivity contribution in [1.29, 1.82) is 5.26 Å². The highest BCUT2D eigenvalue weighted by molar-refractivity contribution is 5.66. The van der Waals surface area contributed by atoms with Gasteiger partial charge in [-0.2, -0.15) is 5.26 Å². The molecule has 0 atom stereocenters. The van der Waals surface area contributed by atoms with Crippen LogP contribution in [0.1, 0.15) is 19.4 Å². The number of rotatable bonds is 3. The molecule has 21 heavy (non-hydrogen) atoms. The Morgan fingerprint density at radius 2 is 1.90 bits per heavy atom. The minimum absolute atomic E-state index is 0.186. The standard InChI is InChI=1S/C15H20N4O2/c1-12-5-4-6-13(14(12)19(20)21)17-7-9-18(10-8-17)15(2,3)11-16/h4-6H,7-10H2,1-3H3. The van der Waals surface area contributed by atoms with Gasteiger partial charge in [-0.15, -0.1) is 0 Å². The number of nitrogens with zero attached hydrogens (tertiary/aromatic N) is 4. The van der Waals surface area contributed by atoms with Gasteiger partial charge in [0.05, 0.1) is 11.0 Å². The van der Waals surface area contributed by atoms with Gasteiger partial charge < -0.3 is 4.90 Å². The summed E-state index contributed by atoms with van der Waals surface area (Å²) >= 11 is 0. The first-order valence-electron chi connectivity index (χ1n) is 7.02. The van der Waals surface area contributed by atoms with Gasteiger partial charge in [0, 0.05) is 31.7 Å². The second-order valence-corrected chi connectivity index (χ2v) is 5.84. The number of piperazine rings is 1. The van der Waals surface area contributed by atoms with Crippen molar-refractivity contribution >= 4 is 11.4 Å². The Hall–Kier alpha value is -2.13. The Labute approximate surface area is 124 Å². The Kier molecular flexibility index (Phi) is 4.14. The molecule has 1 aliphatic rings. The summed E-state index contributed by atoms with van der Waals surface area (Å²) in [5.41, 5.74) is 1.04. The topological polar surface area (TPSA) is 73.4 Å². The van der Waals surface area contributed by atoms with Crippen LogP contribution in [0.15, 0.2) is 18.2 Å². The number of anilines is 1. The van der Waals surface area contributed by atoms with Crippen LogP contribution < -0.4 is 4.90 Å². The third-order valence-corrected chi connectivity index (χ3v) is 4.08. The first kappa shape index (κ1) is 15.3. The molecule has 6 heteroatoms. The van der Waals surface area contributed by atoms with E-state index in [1.54, 1.807) is 19.1 Å². The maximum absolute atomic E-state index is 11.3. The molecule has 1 saturated heterocycles. The van der Waals surface area contributed by atoms with Crippen molar-refractivity contribution in [3.63, 3.8) is 0 Å². The van der Waals surface area contributed by atoms with Crippen molar-refractivity contribution in [2.75, 3.05) is 31.1 Å². The molecular formula is C15H20N4O2. The summed E-state index contributed by atoms with van der Waals surface area (Å²) in [5, 5.41) is 20.5. The highest BCUT2D eigenvalue weighted by atomic mass is 16.6. The van der Waals surface area contributed by atoms with Crippen molar-refractivity contribution in [3.05, 3.63) is 33.9 Å². The molecule has 1 heterocycles. The number of nitriles is 1. The molecule has 0 aliphatic carbocycles. The lowest BCUT2D eigenvalue weighted by molar-refractivity contribution is -0.384. The van der Waals surface area contributed by atoms with Crippen LogP contribution in [0.25, 0.3) is 0 Å².